The van der Waals surface area contributed by atoms with Crippen LogP contribution in [0.3, 0.4) is 0 Å². The van der Waals surface area contributed by atoms with Crippen molar-refractivity contribution in [3.63, 3.8) is 0 Å². The highest BCUT2D eigenvalue weighted by Gasteiger charge is 2.45. The van der Waals surface area contributed by atoms with E-state index in [1.807, 2.05) is 19.4 Å². The largest absolute Gasteiger partial charge is 0.350 e. The molecular weight excluding hydrogens is 310 g/mol. The number of carbonyl (C=O) groups excluding carboxylic acids is 1. The lowest BCUT2D eigenvalue weighted by Gasteiger charge is -2.06. The van der Waals surface area contributed by atoms with Crippen molar-refractivity contribution in [3.8, 4) is 0 Å². The topological polar surface area (TPSA) is 22.0 Å². The molecule has 2 atom stereocenters. The Hall–Kier alpha value is -1.13. The Bertz CT molecular complexity index is 754. The fourth-order valence-electron chi connectivity index (χ4n) is 3.27. The van der Waals surface area contributed by atoms with Gasteiger partial charge in [0.1, 0.15) is 0 Å². The molecule has 1 heterocycles. The van der Waals surface area contributed by atoms with Crippen molar-refractivity contribution >= 4 is 40.2 Å². The van der Waals surface area contributed by atoms with Crippen molar-refractivity contribution in [2.45, 2.75) is 19.3 Å². The third-order valence-corrected chi connectivity index (χ3v) is 6.85. The van der Waals surface area contributed by atoms with Gasteiger partial charge in [0.05, 0.1) is 0 Å². The number of allylic oxidation sites excluding steroid dienone is 1. The van der Waals surface area contributed by atoms with Gasteiger partial charge in [-0.1, -0.05) is 18.2 Å². The lowest BCUT2D eigenvalue weighted by atomic mass is 10.0. The summed E-state index contributed by atoms with van der Waals surface area (Å²) in [7, 11) is 2.08. The maximum atomic E-state index is 12.7. The summed E-state index contributed by atoms with van der Waals surface area (Å²) in [5.41, 5.74) is 3.52. The molecule has 3 rings (SSSR count). The normalized spacial score (nSPS) is 20.2. The minimum Gasteiger partial charge on any atom is -0.350 e. The van der Waals surface area contributed by atoms with Crippen LogP contribution in [0.25, 0.3) is 10.9 Å². The quantitative estimate of drug-likeness (QED) is 0.734. The molecule has 0 bridgehead atoms. The summed E-state index contributed by atoms with van der Waals surface area (Å²) in [6.45, 7) is 1.98. The first-order valence-electron chi connectivity index (χ1n) is 7.45. The van der Waals surface area contributed by atoms with E-state index in [0.717, 1.165) is 16.2 Å². The molecule has 0 radical (unpaired) electrons. The number of nitrogens with zero attached hydrogens (tertiary/aromatic N) is 1. The van der Waals surface area contributed by atoms with Crippen LogP contribution in [0.1, 0.15) is 24.8 Å². The van der Waals surface area contributed by atoms with Gasteiger partial charge in [0, 0.05) is 39.9 Å². The number of Topliss-reactive ketones (excluding diaryl/α,β-unsaturated/α-hetero) is 1. The van der Waals surface area contributed by atoms with E-state index in [-0.39, 0.29) is 5.92 Å². The third-order valence-electron chi connectivity index (χ3n) is 4.50. The first kappa shape index (κ1) is 15.8. The van der Waals surface area contributed by atoms with E-state index in [1.54, 1.807) is 23.5 Å². The minimum atomic E-state index is 0.167. The van der Waals surface area contributed by atoms with Gasteiger partial charge in [0.15, 0.2) is 5.78 Å². The molecule has 2 unspecified atom stereocenters. The molecule has 1 saturated carbocycles. The second-order valence-corrected chi connectivity index (χ2v) is 7.74. The van der Waals surface area contributed by atoms with E-state index in [4.69, 9.17) is 0 Å². The smallest absolute Gasteiger partial charge is 0.163 e. The zero-order valence-electron chi connectivity index (χ0n) is 13.4. The molecule has 1 aliphatic carbocycles. The van der Waals surface area contributed by atoms with Crippen LogP contribution in [0.5, 0.6) is 0 Å². The second-order valence-electron chi connectivity index (χ2n) is 5.85. The van der Waals surface area contributed by atoms with Gasteiger partial charge >= 0.3 is 0 Å². The van der Waals surface area contributed by atoms with E-state index < -0.39 is 0 Å². The molecule has 2 nitrogen and oxygen atoms in total. The number of aromatic nitrogens is 1. The van der Waals surface area contributed by atoms with Crippen molar-refractivity contribution in [3.05, 3.63) is 45.8 Å². The molecule has 1 aromatic heterocycles. The van der Waals surface area contributed by atoms with Crippen LogP contribution < -0.4 is 0 Å². The van der Waals surface area contributed by atoms with Gasteiger partial charge in [-0.2, -0.15) is 0 Å². The summed E-state index contributed by atoms with van der Waals surface area (Å²) in [6, 6.07) is 8.46. The Kier molecular flexibility index (Phi) is 4.42. The van der Waals surface area contributed by atoms with E-state index in [1.165, 1.54) is 16.5 Å². The van der Waals surface area contributed by atoms with Gasteiger partial charge in [-0.25, -0.2) is 0 Å². The van der Waals surface area contributed by atoms with Crippen molar-refractivity contribution in [1.82, 2.24) is 4.57 Å². The van der Waals surface area contributed by atoms with Crippen LogP contribution >= 0.6 is 23.5 Å². The maximum absolute atomic E-state index is 12.7. The van der Waals surface area contributed by atoms with Gasteiger partial charge in [-0.05, 0) is 43.4 Å². The number of hydrogen-bond acceptors (Lipinski definition) is 3. The van der Waals surface area contributed by atoms with Crippen LogP contribution in [0, 0.1) is 5.92 Å². The van der Waals surface area contributed by atoms with Crippen LogP contribution in [-0.4, -0.2) is 22.9 Å². The molecule has 1 aromatic carbocycles. The van der Waals surface area contributed by atoms with Crippen LogP contribution in [0.15, 0.2) is 40.3 Å². The molecule has 116 valence electrons. The number of para-hydroxylation sites is 1. The number of rotatable bonds is 5. The molecule has 1 fully saturated rings. The molecule has 0 saturated heterocycles. The minimum absolute atomic E-state index is 0.167. The summed E-state index contributed by atoms with van der Waals surface area (Å²) >= 11 is 3.35. The molecule has 1 aliphatic rings. The van der Waals surface area contributed by atoms with Gasteiger partial charge in [0.25, 0.3) is 0 Å². The number of thioether (sulfide) groups is 2. The number of carbonyl (C=O) groups is 1. The van der Waals surface area contributed by atoms with Crippen molar-refractivity contribution in [2.24, 2.45) is 13.0 Å². The Labute approximate surface area is 140 Å². The zero-order valence-corrected chi connectivity index (χ0v) is 15.1. The third kappa shape index (κ3) is 2.63. The molecule has 22 heavy (non-hydrogen) atoms. The van der Waals surface area contributed by atoms with Crippen molar-refractivity contribution < 1.29 is 4.79 Å². The summed E-state index contributed by atoms with van der Waals surface area (Å²) in [5, 5.41) is 1.29. The Morgan fingerprint density at radius 1 is 1.23 bits per heavy atom. The molecular formula is C18H21NOS2. The van der Waals surface area contributed by atoms with Crippen molar-refractivity contribution in [1.29, 1.82) is 0 Å². The second kappa shape index (κ2) is 6.17. The summed E-state index contributed by atoms with van der Waals surface area (Å²) in [6.07, 6.45) is 7.27. The highest BCUT2D eigenvalue weighted by molar-refractivity contribution is 8.21. The van der Waals surface area contributed by atoms with Crippen LogP contribution in [-0.2, 0) is 11.8 Å². The Morgan fingerprint density at radius 3 is 2.59 bits per heavy atom. The predicted molar refractivity (Wildman–Crippen MR) is 98.5 cm³/mol. The van der Waals surface area contributed by atoms with E-state index >= 15 is 0 Å². The van der Waals surface area contributed by atoms with Gasteiger partial charge in [-0.15, -0.1) is 23.5 Å². The standard InChI is InChI=1S/C18H21NOS2/c1-11(18(21-3)22-4)17(20)14-9-13(14)15-10-19(2)16-8-6-5-7-12(15)16/h5-8,10,13-14H,9H2,1-4H3. The van der Waals surface area contributed by atoms with E-state index in [0.29, 0.717) is 11.7 Å². The average molecular weight is 332 g/mol. The summed E-state index contributed by atoms with van der Waals surface area (Å²) < 4.78 is 3.32. The molecule has 0 spiro atoms. The van der Waals surface area contributed by atoms with Crippen molar-refractivity contribution in [2.75, 3.05) is 12.5 Å². The van der Waals surface area contributed by atoms with Crippen LogP contribution in [0.4, 0.5) is 0 Å². The predicted octanol–water partition coefficient (Wildman–Crippen LogP) is 4.81. The summed E-state index contributed by atoms with van der Waals surface area (Å²) in [4.78, 5) is 12.7. The number of fused-ring (bicyclic) bond motifs is 1. The van der Waals surface area contributed by atoms with Gasteiger partial charge in [-0.3, -0.25) is 4.79 Å². The number of benzene rings is 1. The summed E-state index contributed by atoms with van der Waals surface area (Å²) in [5.74, 6) is 0.884. The zero-order chi connectivity index (χ0) is 15.9. The fourth-order valence-corrected chi connectivity index (χ4v) is 4.75. The molecule has 0 amide bonds. The lowest BCUT2D eigenvalue weighted by molar-refractivity contribution is -0.116. The van der Waals surface area contributed by atoms with Crippen LogP contribution in [0.2, 0.25) is 0 Å². The fraction of sp³-hybridized carbons (Fsp3) is 0.389. The average Bonchev–Trinajstić information content (AvgIpc) is 3.26. The Morgan fingerprint density at radius 2 is 1.91 bits per heavy atom. The van der Waals surface area contributed by atoms with Gasteiger partial charge in [0.2, 0.25) is 0 Å². The van der Waals surface area contributed by atoms with Gasteiger partial charge < -0.3 is 4.57 Å². The SMILES string of the molecule is CSC(SC)=C(C)C(=O)C1CC1c1cn(C)c2ccccc12. The molecule has 4 heteroatoms. The number of ketones is 1. The number of aryl methyl sites for hydroxylation is 1. The maximum Gasteiger partial charge on any atom is 0.163 e. The highest BCUT2D eigenvalue weighted by atomic mass is 32.2. The van der Waals surface area contributed by atoms with E-state index in [2.05, 4.69) is 42.1 Å². The molecule has 0 aliphatic heterocycles. The highest BCUT2D eigenvalue weighted by Crippen LogP contribution is 2.51. The first-order valence-corrected chi connectivity index (χ1v) is 9.90. The Balaban J connectivity index is 1.88. The van der Waals surface area contributed by atoms with E-state index in [9.17, 15) is 4.79 Å². The molecule has 2 aromatic rings. The first-order chi connectivity index (χ1) is 10.6. The number of hydrogen-bond donors (Lipinski definition) is 0. The molecule has 0 N–H and O–H groups in total. The lowest BCUT2D eigenvalue weighted by Crippen LogP contribution is -2.05. The monoisotopic (exact) mass is 331 g/mol.